The Bertz CT molecular complexity index is 434. The molecule has 2 N–H and O–H groups in total. The Hall–Kier alpha value is -1.51. The van der Waals surface area contributed by atoms with Crippen molar-refractivity contribution in [3.8, 4) is 0 Å². The van der Waals surface area contributed by atoms with E-state index in [4.69, 9.17) is 0 Å². The van der Waals surface area contributed by atoms with Crippen LogP contribution in [0, 0.1) is 11.8 Å². The van der Waals surface area contributed by atoms with Crippen molar-refractivity contribution in [2.75, 3.05) is 11.9 Å². The summed E-state index contributed by atoms with van der Waals surface area (Å²) in [5.74, 6) is 1.78. The zero-order valence-corrected chi connectivity index (χ0v) is 11.5. The molecular formula is C16H22N2O. The number of carbonyl (C=O) groups is 1. The smallest absolute Gasteiger partial charge is 0.251 e. The summed E-state index contributed by atoms with van der Waals surface area (Å²) in [5.41, 5.74) is 1.89. The van der Waals surface area contributed by atoms with E-state index in [1.54, 1.807) is 0 Å². The van der Waals surface area contributed by atoms with Crippen molar-refractivity contribution in [1.29, 1.82) is 0 Å². The van der Waals surface area contributed by atoms with E-state index in [1.807, 2.05) is 31.2 Å². The van der Waals surface area contributed by atoms with Crippen LogP contribution in [0.5, 0.6) is 0 Å². The third-order valence-corrected chi connectivity index (χ3v) is 4.08. The predicted molar refractivity (Wildman–Crippen MR) is 77.3 cm³/mol. The van der Waals surface area contributed by atoms with Gasteiger partial charge in [-0.15, -0.1) is 0 Å². The number of hydrogen-bond acceptors (Lipinski definition) is 2. The van der Waals surface area contributed by atoms with Gasteiger partial charge in [-0.2, -0.15) is 0 Å². The molecule has 102 valence electrons. The van der Waals surface area contributed by atoms with Gasteiger partial charge in [0, 0.05) is 23.8 Å². The molecule has 3 heteroatoms. The van der Waals surface area contributed by atoms with Crippen LogP contribution in [-0.4, -0.2) is 18.5 Å². The van der Waals surface area contributed by atoms with Gasteiger partial charge in [-0.1, -0.05) is 0 Å². The Balaban J connectivity index is 1.63. The van der Waals surface area contributed by atoms with Crippen molar-refractivity contribution >= 4 is 11.6 Å². The second-order valence-corrected chi connectivity index (χ2v) is 5.78. The minimum Gasteiger partial charge on any atom is -0.382 e. The molecule has 0 aromatic heterocycles. The maximum atomic E-state index is 11.7. The Kier molecular flexibility index (Phi) is 3.45. The Morgan fingerprint density at radius 1 is 1.16 bits per heavy atom. The molecule has 1 amide bonds. The van der Waals surface area contributed by atoms with Crippen molar-refractivity contribution in [1.82, 2.24) is 5.32 Å². The minimum atomic E-state index is 0.00925. The fraction of sp³-hybridized carbons (Fsp3) is 0.562. The van der Waals surface area contributed by atoms with E-state index in [0.717, 1.165) is 23.1 Å². The minimum absolute atomic E-state index is 0.00925. The van der Waals surface area contributed by atoms with Crippen LogP contribution < -0.4 is 10.6 Å². The molecule has 3 nitrogen and oxygen atoms in total. The Labute approximate surface area is 114 Å². The highest BCUT2D eigenvalue weighted by atomic mass is 16.1. The summed E-state index contributed by atoms with van der Waals surface area (Å²) < 4.78 is 0. The largest absolute Gasteiger partial charge is 0.382 e. The molecule has 1 aromatic carbocycles. The molecule has 0 unspecified atom stereocenters. The normalized spacial score (nSPS) is 18.4. The van der Waals surface area contributed by atoms with E-state index in [-0.39, 0.29) is 5.91 Å². The van der Waals surface area contributed by atoms with Crippen LogP contribution in [0.4, 0.5) is 5.69 Å². The van der Waals surface area contributed by atoms with Crippen molar-refractivity contribution < 1.29 is 4.79 Å². The lowest BCUT2D eigenvalue weighted by Gasteiger charge is -2.19. The van der Waals surface area contributed by atoms with E-state index >= 15 is 0 Å². The number of carbonyl (C=O) groups excluding carboxylic acids is 1. The first-order valence-electron chi connectivity index (χ1n) is 7.42. The number of nitrogens with one attached hydrogen (secondary N) is 2. The van der Waals surface area contributed by atoms with Gasteiger partial charge < -0.3 is 10.6 Å². The fourth-order valence-corrected chi connectivity index (χ4v) is 2.70. The zero-order valence-electron chi connectivity index (χ0n) is 11.5. The summed E-state index contributed by atoms with van der Waals surface area (Å²) >= 11 is 0. The summed E-state index contributed by atoms with van der Waals surface area (Å²) in [7, 11) is 0. The first kappa shape index (κ1) is 12.5. The molecule has 2 aliphatic rings. The topological polar surface area (TPSA) is 41.1 Å². The van der Waals surface area contributed by atoms with E-state index in [0.29, 0.717) is 12.6 Å². The van der Waals surface area contributed by atoms with Gasteiger partial charge in [0.05, 0.1) is 0 Å². The number of rotatable bonds is 6. The molecule has 0 heterocycles. The lowest BCUT2D eigenvalue weighted by molar-refractivity contribution is 0.0956. The molecule has 1 aromatic rings. The predicted octanol–water partition coefficient (Wildman–Crippen LogP) is 3.04. The maximum Gasteiger partial charge on any atom is 0.251 e. The summed E-state index contributed by atoms with van der Waals surface area (Å²) in [5, 5.41) is 6.49. The molecule has 0 bridgehead atoms. The Morgan fingerprint density at radius 2 is 1.74 bits per heavy atom. The van der Waals surface area contributed by atoms with Gasteiger partial charge in [0.15, 0.2) is 0 Å². The van der Waals surface area contributed by atoms with Crippen molar-refractivity contribution in [2.45, 2.75) is 38.6 Å². The Morgan fingerprint density at radius 3 is 2.21 bits per heavy atom. The third kappa shape index (κ3) is 3.09. The lowest BCUT2D eigenvalue weighted by Crippen LogP contribution is -2.24. The van der Waals surface area contributed by atoms with Gasteiger partial charge in [0.25, 0.3) is 5.91 Å². The molecule has 0 radical (unpaired) electrons. The van der Waals surface area contributed by atoms with Gasteiger partial charge in [-0.05, 0) is 68.7 Å². The van der Waals surface area contributed by atoms with Gasteiger partial charge >= 0.3 is 0 Å². The second kappa shape index (κ2) is 5.24. The first-order chi connectivity index (χ1) is 9.28. The van der Waals surface area contributed by atoms with E-state index in [2.05, 4.69) is 10.6 Å². The molecular weight excluding hydrogens is 236 g/mol. The van der Waals surface area contributed by atoms with Crippen molar-refractivity contribution in [2.24, 2.45) is 11.8 Å². The molecule has 2 fully saturated rings. The van der Waals surface area contributed by atoms with Gasteiger partial charge in [-0.25, -0.2) is 0 Å². The molecule has 2 aliphatic carbocycles. The fourth-order valence-electron chi connectivity index (χ4n) is 2.70. The average molecular weight is 258 g/mol. The van der Waals surface area contributed by atoms with Crippen LogP contribution in [-0.2, 0) is 0 Å². The van der Waals surface area contributed by atoms with Gasteiger partial charge in [0.1, 0.15) is 0 Å². The lowest BCUT2D eigenvalue weighted by atomic mass is 10.1. The first-order valence-corrected chi connectivity index (χ1v) is 7.42. The highest BCUT2D eigenvalue weighted by Gasteiger charge is 2.41. The number of hydrogen-bond donors (Lipinski definition) is 2. The number of benzene rings is 1. The molecule has 2 saturated carbocycles. The third-order valence-electron chi connectivity index (χ3n) is 4.08. The molecule has 3 rings (SSSR count). The van der Waals surface area contributed by atoms with E-state index in [9.17, 15) is 4.79 Å². The van der Waals surface area contributed by atoms with Crippen LogP contribution in [0.3, 0.4) is 0 Å². The summed E-state index contributed by atoms with van der Waals surface area (Å²) in [6, 6.07) is 8.54. The maximum absolute atomic E-state index is 11.7. The van der Waals surface area contributed by atoms with Crippen LogP contribution in [0.25, 0.3) is 0 Å². The van der Waals surface area contributed by atoms with Crippen LogP contribution in [0.2, 0.25) is 0 Å². The van der Waals surface area contributed by atoms with E-state index in [1.165, 1.54) is 25.7 Å². The summed E-state index contributed by atoms with van der Waals surface area (Å²) in [4.78, 5) is 11.7. The molecule has 0 aliphatic heterocycles. The van der Waals surface area contributed by atoms with Crippen molar-refractivity contribution in [3.63, 3.8) is 0 Å². The van der Waals surface area contributed by atoms with Gasteiger partial charge in [-0.3, -0.25) is 4.79 Å². The van der Waals surface area contributed by atoms with Crippen LogP contribution >= 0.6 is 0 Å². The summed E-state index contributed by atoms with van der Waals surface area (Å²) in [6.45, 7) is 2.61. The highest BCUT2D eigenvalue weighted by Crippen LogP contribution is 2.45. The second-order valence-electron chi connectivity index (χ2n) is 5.78. The van der Waals surface area contributed by atoms with Crippen LogP contribution in [0.15, 0.2) is 24.3 Å². The van der Waals surface area contributed by atoms with Crippen LogP contribution in [0.1, 0.15) is 43.0 Å². The van der Waals surface area contributed by atoms with E-state index < -0.39 is 0 Å². The highest BCUT2D eigenvalue weighted by molar-refractivity contribution is 5.94. The van der Waals surface area contributed by atoms with Gasteiger partial charge in [0.2, 0.25) is 0 Å². The SMILES string of the molecule is CCNC(=O)c1ccc(NC(C2CC2)C2CC2)cc1. The average Bonchev–Trinajstić information content (AvgIpc) is 3.30. The number of anilines is 1. The zero-order chi connectivity index (χ0) is 13.2. The molecule has 0 atom stereocenters. The molecule has 19 heavy (non-hydrogen) atoms. The molecule has 0 saturated heterocycles. The standard InChI is InChI=1S/C16H22N2O/c1-2-17-16(19)13-7-9-14(10-8-13)18-15(11-3-4-11)12-5-6-12/h7-12,15,18H,2-6H2,1H3,(H,17,19). The monoisotopic (exact) mass is 258 g/mol. The summed E-state index contributed by atoms with van der Waals surface area (Å²) in [6.07, 6.45) is 5.52. The van der Waals surface area contributed by atoms with Crippen molar-refractivity contribution in [3.05, 3.63) is 29.8 Å². The number of amides is 1. The molecule has 0 spiro atoms. The quantitative estimate of drug-likeness (QED) is 0.823.